The van der Waals surface area contributed by atoms with Crippen molar-refractivity contribution in [3.8, 4) is 0 Å². The Morgan fingerprint density at radius 1 is 1.40 bits per heavy atom. The largest absolute Gasteiger partial charge is 0.480 e. The average molecular weight is 303 g/mol. The third kappa shape index (κ3) is 5.21. The predicted molar refractivity (Wildman–Crippen MR) is 68.9 cm³/mol. The summed E-state index contributed by atoms with van der Waals surface area (Å²) < 4.78 is 4.72. The van der Waals surface area contributed by atoms with Gasteiger partial charge in [-0.15, -0.1) is 0 Å². The number of rotatable bonds is 7. The van der Waals surface area contributed by atoms with E-state index in [0.717, 1.165) is 12.1 Å². The molecule has 0 aliphatic rings. The molecule has 0 saturated carbocycles. The molecule has 0 atom stereocenters. The lowest BCUT2D eigenvalue weighted by molar-refractivity contribution is -0.384. The highest BCUT2D eigenvalue weighted by Crippen LogP contribution is 2.20. The summed E-state index contributed by atoms with van der Waals surface area (Å²) in [6.45, 7) is -0.369. The molecule has 9 heteroatoms. The molecule has 0 aliphatic carbocycles. The van der Waals surface area contributed by atoms with Gasteiger partial charge in [0.15, 0.2) is 0 Å². The first kappa shape index (κ1) is 15.9. The van der Waals surface area contributed by atoms with Crippen molar-refractivity contribution in [3.05, 3.63) is 38.9 Å². The van der Waals surface area contributed by atoms with Gasteiger partial charge < -0.3 is 15.2 Å². The molecule has 0 heterocycles. The number of hydrogen-bond donors (Lipinski definition) is 2. The highest BCUT2D eigenvalue weighted by atomic mass is 35.5. The van der Waals surface area contributed by atoms with Gasteiger partial charge in [-0.2, -0.15) is 0 Å². The molecule has 0 fully saturated rings. The van der Waals surface area contributed by atoms with Gasteiger partial charge in [0.1, 0.15) is 6.61 Å². The fraction of sp³-hybridized carbons (Fsp3) is 0.273. The Kier molecular flexibility index (Phi) is 5.88. The molecule has 0 aromatic heterocycles. The van der Waals surface area contributed by atoms with Crippen LogP contribution in [0.5, 0.6) is 0 Å². The lowest BCUT2D eigenvalue weighted by atomic mass is 10.2. The van der Waals surface area contributed by atoms with Gasteiger partial charge in [-0.05, 0) is 6.07 Å². The van der Waals surface area contributed by atoms with Crippen LogP contribution in [-0.2, 0) is 9.53 Å². The highest BCUT2D eigenvalue weighted by Gasteiger charge is 2.13. The van der Waals surface area contributed by atoms with E-state index >= 15 is 0 Å². The third-order valence-corrected chi connectivity index (χ3v) is 2.33. The number of nitrogens with zero attached hydrogens (tertiary/aromatic N) is 1. The van der Waals surface area contributed by atoms with Crippen molar-refractivity contribution in [1.29, 1.82) is 0 Å². The summed E-state index contributed by atoms with van der Waals surface area (Å²) in [6, 6.07) is 3.52. The van der Waals surface area contributed by atoms with Gasteiger partial charge in [0.05, 0.1) is 11.5 Å². The third-order valence-electron chi connectivity index (χ3n) is 2.11. The summed E-state index contributed by atoms with van der Waals surface area (Å²) in [5.41, 5.74) is -0.243. The van der Waals surface area contributed by atoms with E-state index in [2.05, 4.69) is 5.32 Å². The number of nitro benzene ring substituents is 1. The minimum Gasteiger partial charge on any atom is -0.480 e. The Morgan fingerprint density at radius 3 is 2.70 bits per heavy atom. The van der Waals surface area contributed by atoms with Gasteiger partial charge in [0.2, 0.25) is 0 Å². The normalized spacial score (nSPS) is 10.1. The fourth-order valence-electron chi connectivity index (χ4n) is 1.31. The van der Waals surface area contributed by atoms with Crippen LogP contribution in [0.4, 0.5) is 5.69 Å². The number of ether oxygens (including phenoxy) is 1. The fourth-order valence-corrected chi connectivity index (χ4v) is 1.54. The van der Waals surface area contributed by atoms with Gasteiger partial charge in [-0.25, -0.2) is 4.79 Å². The van der Waals surface area contributed by atoms with E-state index in [-0.39, 0.29) is 29.4 Å². The second-order valence-corrected chi connectivity index (χ2v) is 4.09. The number of hydrogen-bond acceptors (Lipinski definition) is 5. The minimum absolute atomic E-state index is 0.0146. The summed E-state index contributed by atoms with van der Waals surface area (Å²) in [5, 5.41) is 21.5. The number of carboxylic acids is 1. The molecule has 20 heavy (non-hydrogen) atoms. The summed E-state index contributed by atoms with van der Waals surface area (Å²) in [7, 11) is 0. The molecule has 1 aromatic carbocycles. The SMILES string of the molecule is O=C(O)COCCNC(=O)c1cc(Cl)cc([N+](=O)[O-])c1. The maximum atomic E-state index is 11.7. The molecule has 108 valence electrons. The summed E-state index contributed by atoms with van der Waals surface area (Å²) in [4.78, 5) is 31.8. The number of non-ortho nitro benzene ring substituents is 1. The molecular formula is C11H11ClN2O6. The first-order chi connectivity index (χ1) is 9.40. The van der Waals surface area contributed by atoms with Crippen LogP contribution in [0.25, 0.3) is 0 Å². The summed E-state index contributed by atoms with van der Waals surface area (Å²) in [5.74, 6) is -1.67. The van der Waals surface area contributed by atoms with Gasteiger partial charge in [-0.1, -0.05) is 11.6 Å². The molecule has 0 saturated heterocycles. The monoisotopic (exact) mass is 302 g/mol. The molecule has 0 unspecified atom stereocenters. The topological polar surface area (TPSA) is 119 Å². The Bertz CT molecular complexity index is 534. The van der Waals surface area contributed by atoms with E-state index in [4.69, 9.17) is 21.4 Å². The van der Waals surface area contributed by atoms with Crippen LogP contribution < -0.4 is 5.32 Å². The van der Waals surface area contributed by atoms with Crippen LogP contribution in [0, 0.1) is 10.1 Å². The first-order valence-corrected chi connectivity index (χ1v) is 5.80. The van der Waals surface area contributed by atoms with Gasteiger partial charge >= 0.3 is 5.97 Å². The molecule has 2 N–H and O–H groups in total. The van der Waals surface area contributed by atoms with E-state index < -0.39 is 23.4 Å². The predicted octanol–water partition coefficient (Wildman–Crippen LogP) is 1.08. The van der Waals surface area contributed by atoms with Crippen molar-refractivity contribution < 1.29 is 24.4 Å². The number of benzene rings is 1. The summed E-state index contributed by atoms with van der Waals surface area (Å²) >= 11 is 5.68. The van der Waals surface area contributed by atoms with E-state index in [1.165, 1.54) is 6.07 Å². The van der Waals surface area contributed by atoms with E-state index in [9.17, 15) is 19.7 Å². The number of halogens is 1. The van der Waals surface area contributed by atoms with Crippen LogP contribution in [0.3, 0.4) is 0 Å². The number of carbonyl (C=O) groups excluding carboxylic acids is 1. The lowest BCUT2D eigenvalue weighted by Gasteiger charge is -2.05. The van der Waals surface area contributed by atoms with Gasteiger partial charge in [0.25, 0.3) is 11.6 Å². The molecule has 1 amide bonds. The van der Waals surface area contributed by atoms with E-state index in [0.29, 0.717) is 0 Å². The Morgan fingerprint density at radius 2 is 2.10 bits per heavy atom. The minimum atomic E-state index is -1.11. The second kappa shape index (κ2) is 7.41. The number of aliphatic carboxylic acids is 1. The molecule has 0 bridgehead atoms. The smallest absolute Gasteiger partial charge is 0.329 e. The molecule has 1 rings (SSSR count). The van der Waals surface area contributed by atoms with Gasteiger partial charge in [0, 0.05) is 29.3 Å². The molecule has 1 aromatic rings. The van der Waals surface area contributed by atoms with Crippen LogP contribution in [-0.4, -0.2) is 41.7 Å². The second-order valence-electron chi connectivity index (χ2n) is 3.66. The Balaban J connectivity index is 2.55. The number of nitrogens with one attached hydrogen (secondary N) is 1. The molecule has 0 spiro atoms. The van der Waals surface area contributed by atoms with Crippen molar-refractivity contribution >= 4 is 29.2 Å². The number of nitro groups is 1. The Hall–Kier alpha value is -2.19. The van der Waals surface area contributed by atoms with E-state index in [1.807, 2.05) is 0 Å². The van der Waals surface area contributed by atoms with Crippen molar-refractivity contribution in [2.24, 2.45) is 0 Å². The standard InChI is InChI=1S/C11H11ClN2O6/c12-8-3-7(4-9(5-8)14(18)19)11(17)13-1-2-20-6-10(15)16/h3-5H,1-2,6H2,(H,13,17)(H,15,16). The quantitative estimate of drug-likeness (QED) is 0.442. The summed E-state index contributed by atoms with van der Waals surface area (Å²) in [6.07, 6.45) is 0. The highest BCUT2D eigenvalue weighted by molar-refractivity contribution is 6.31. The number of carboxylic acid groups (broad SMARTS) is 1. The van der Waals surface area contributed by atoms with Crippen LogP contribution in [0.2, 0.25) is 5.02 Å². The van der Waals surface area contributed by atoms with Crippen molar-refractivity contribution in [2.45, 2.75) is 0 Å². The first-order valence-electron chi connectivity index (χ1n) is 5.43. The maximum absolute atomic E-state index is 11.7. The zero-order valence-electron chi connectivity index (χ0n) is 10.2. The van der Waals surface area contributed by atoms with Crippen molar-refractivity contribution in [1.82, 2.24) is 5.32 Å². The van der Waals surface area contributed by atoms with E-state index in [1.54, 1.807) is 0 Å². The zero-order valence-corrected chi connectivity index (χ0v) is 10.9. The zero-order chi connectivity index (χ0) is 15.1. The van der Waals surface area contributed by atoms with Crippen molar-refractivity contribution in [3.63, 3.8) is 0 Å². The van der Waals surface area contributed by atoms with Crippen LogP contribution in [0.15, 0.2) is 18.2 Å². The maximum Gasteiger partial charge on any atom is 0.329 e. The Labute approximate surface area is 118 Å². The van der Waals surface area contributed by atoms with Gasteiger partial charge in [-0.3, -0.25) is 14.9 Å². The molecular weight excluding hydrogens is 292 g/mol. The van der Waals surface area contributed by atoms with Crippen LogP contribution >= 0.6 is 11.6 Å². The average Bonchev–Trinajstić information content (AvgIpc) is 2.36. The molecule has 0 radical (unpaired) electrons. The molecule has 8 nitrogen and oxygen atoms in total. The van der Waals surface area contributed by atoms with Crippen LogP contribution in [0.1, 0.15) is 10.4 Å². The molecule has 0 aliphatic heterocycles. The number of carbonyl (C=O) groups is 2. The lowest BCUT2D eigenvalue weighted by Crippen LogP contribution is -2.28. The van der Waals surface area contributed by atoms with Crippen molar-refractivity contribution in [2.75, 3.05) is 19.8 Å². The number of amides is 1.